The van der Waals surface area contributed by atoms with E-state index in [1.165, 1.54) is 38.5 Å². The molecule has 0 aromatic heterocycles. The number of esters is 1. The van der Waals surface area contributed by atoms with Gasteiger partial charge in [-0.1, -0.05) is 65.1 Å². The molecule has 0 amide bonds. The lowest BCUT2D eigenvalue weighted by atomic mass is 10.1. The number of rotatable bonds is 11. The maximum Gasteiger partial charge on any atom is 0.305 e. The second kappa shape index (κ2) is 10.6. The highest BCUT2D eigenvalue weighted by molar-refractivity contribution is 6.76. The van der Waals surface area contributed by atoms with Gasteiger partial charge in [-0.15, -0.1) is 0 Å². The fraction of sp³-hybridized carbons (Fsp3) is 0.933. The van der Waals surface area contributed by atoms with Gasteiger partial charge < -0.3 is 4.74 Å². The quantitative estimate of drug-likeness (QED) is 0.300. The van der Waals surface area contributed by atoms with Crippen LogP contribution in [-0.2, 0) is 9.53 Å². The lowest BCUT2D eigenvalue weighted by molar-refractivity contribution is -0.143. The molecule has 0 aliphatic carbocycles. The molecule has 0 N–H and O–H groups in total. The van der Waals surface area contributed by atoms with Crippen LogP contribution in [0.1, 0.15) is 58.3 Å². The average Bonchev–Trinajstić information content (AvgIpc) is 2.26. The maximum absolute atomic E-state index is 11.5. The smallest absolute Gasteiger partial charge is 0.305 e. The van der Waals surface area contributed by atoms with Gasteiger partial charge in [0.15, 0.2) is 0 Å². The van der Waals surface area contributed by atoms with E-state index in [2.05, 4.69) is 26.6 Å². The Bertz CT molecular complexity index is 209. The summed E-state index contributed by atoms with van der Waals surface area (Å²) in [7, 11) is -1.06. The van der Waals surface area contributed by atoms with Gasteiger partial charge in [-0.25, -0.2) is 0 Å². The standard InChI is InChI=1S/C15H32O2Si/c1-5-6-7-8-9-10-11-12-15(16)17-13-14-18(2,3)4/h5-14H2,1-4H3. The Labute approximate surface area is 115 Å². The van der Waals surface area contributed by atoms with Crippen LogP contribution in [0.2, 0.25) is 25.7 Å². The fourth-order valence-corrected chi connectivity index (χ4v) is 2.48. The van der Waals surface area contributed by atoms with Crippen molar-refractivity contribution in [3.63, 3.8) is 0 Å². The van der Waals surface area contributed by atoms with Crippen molar-refractivity contribution in [3.8, 4) is 0 Å². The molecule has 2 nitrogen and oxygen atoms in total. The Morgan fingerprint density at radius 2 is 1.50 bits per heavy atom. The van der Waals surface area contributed by atoms with E-state index in [9.17, 15) is 4.79 Å². The Balaban J connectivity index is 3.27. The van der Waals surface area contributed by atoms with Crippen LogP contribution in [-0.4, -0.2) is 20.7 Å². The molecule has 0 bridgehead atoms. The zero-order valence-electron chi connectivity index (χ0n) is 12.9. The van der Waals surface area contributed by atoms with Crippen molar-refractivity contribution < 1.29 is 9.53 Å². The van der Waals surface area contributed by atoms with E-state index in [0.29, 0.717) is 13.0 Å². The summed E-state index contributed by atoms with van der Waals surface area (Å²) in [6, 6.07) is 1.08. The van der Waals surface area contributed by atoms with Crippen molar-refractivity contribution >= 4 is 14.0 Å². The third-order valence-corrected chi connectivity index (χ3v) is 4.80. The second-order valence-electron chi connectivity index (χ2n) is 6.40. The highest BCUT2D eigenvalue weighted by Crippen LogP contribution is 2.10. The predicted octanol–water partition coefficient (Wildman–Crippen LogP) is 5.01. The summed E-state index contributed by atoms with van der Waals surface area (Å²) in [6.45, 7) is 9.77. The minimum atomic E-state index is -1.06. The first kappa shape index (κ1) is 17.7. The summed E-state index contributed by atoms with van der Waals surface area (Å²) in [5, 5.41) is 0. The molecular weight excluding hydrogens is 240 g/mol. The normalized spacial score (nSPS) is 11.6. The van der Waals surface area contributed by atoms with Crippen molar-refractivity contribution in [1.29, 1.82) is 0 Å². The van der Waals surface area contributed by atoms with Crippen molar-refractivity contribution in [3.05, 3.63) is 0 Å². The molecule has 0 aliphatic rings. The van der Waals surface area contributed by atoms with E-state index in [1.54, 1.807) is 0 Å². The van der Waals surface area contributed by atoms with E-state index >= 15 is 0 Å². The highest BCUT2D eigenvalue weighted by Gasteiger charge is 2.13. The summed E-state index contributed by atoms with van der Waals surface area (Å²) < 4.78 is 5.26. The van der Waals surface area contributed by atoms with E-state index in [-0.39, 0.29) is 5.97 Å². The first-order valence-corrected chi connectivity index (χ1v) is 11.3. The lowest BCUT2D eigenvalue weighted by Gasteiger charge is -2.15. The van der Waals surface area contributed by atoms with Gasteiger partial charge in [-0.05, 0) is 12.5 Å². The molecule has 0 rings (SSSR count). The highest BCUT2D eigenvalue weighted by atomic mass is 28.3. The number of carbonyl (C=O) groups is 1. The third-order valence-electron chi connectivity index (χ3n) is 3.10. The van der Waals surface area contributed by atoms with Crippen molar-refractivity contribution in [1.82, 2.24) is 0 Å². The summed E-state index contributed by atoms with van der Waals surface area (Å²) in [6.07, 6.45) is 9.35. The van der Waals surface area contributed by atoms with E-state index in [0.717, 1.165) is 12.5 Å². The van der Waals surface area contributed by atoms with Crippen LogP contribution in [0.25, 0.3) is 0 Å². The van der Waals surface area contributed by atoms with E-state index in [4.69, 9.17) is 4.74 Å². The van der Waals surface area contributed by atoms with Gasteiger partial charge in [0, 0.05) is 14.5 Å². The van der Waals surface area contributed by atoms with Gasteiger partial charge in [-0.2, -0.15) is 0 Å². The molecule has 0 atom stereocenters. The number of carbonyl (C=O) groups excluding carboxylic acids is 1. The molecule has 0 heterocycles. The third kappa shape index (κ3) is 13.8. The van der Waals surface area contributed by atoms with Crippen LogP contribution in [0, 0.1) is 0 Å². The van der Waals surface area contributed by atoms with Crippen molar-refractivity contribution in [2.45, 2.75) is 84.0 Å². The molecule has 0 aromatic rings. The van der Waals surface area contributed by atoms with Gasteiger partial charge in [0.25, 0.3) is 0 Å². The summed E-state index contributed by atoms with van der Waals surface area (Å²) in [4.78, 5) is 11.5. The molecule has 0 aromatic carbocycles. The van der Waals surface area contributed by atoms with Crippen LogP contribution in [0.4, 0.5) is 0 Å². The second-order valence-corrected chi connectivity index (χ2v) is 12.0. The lowest BCUT2D eigenvalue weighted by Crippen LogP contribution is -2.22. The SMILES string of the molecule is CCCCCCCCCC(=O)OCC[Si](C)(C)C. The molecule has 0 saturated heterocycles. The summed E-state index contributed by atoms with van der Waals surface area (Å²) in [5.74, 6) is 0.00167. The summed E-state index contributed by atoms with van der Waals surface area (Å²) >= 11 is 0. The number of ether oxygens (including phenoxy) is 1. The molecule has 108 valence electrons. The number of hydrogen-bond donors (Lipinski definition) is 0. The first-order chi connectivity index (χ1) is 8.45. The van der Waals surface area contributed by atoms with Gasteiger partial charge in [0.2, 0.25) is 0 Å². The molecule has 0 fully saturated rings. The molecule has 18 heavy (non-hydrogen) atoms. The van der Waals surface area contributed by atoms with E-state index in [1.807, 2.05) is 0 Å². The van der Waals surface area contributed by atoms with Crippen LogP contribution in [0.15, 0.2) is 0 Å². The van der Waals surface area contributed by atoms with Gasteiger partial charge in [0.05, 0.1) is 6.61 Å². The predicted molar refractivity (Wildman–Crippen MR) is 81.7 cm³/mol. The number of unbranched alkanes of at least 4 members (excludes halogenated alkanes) is 6. The van der Waals surface area contributed by atoms with Crippen molar-refractivity contribution in [2.75, 3.05) is 6.61 Å². The van der Waals surface area contributed by atoms with Gasteiger partial charge in [0.1, 0.15) is 0 Å². The molecule has 0 saturated carbocycles. The molecular formula is C15H32O2Si. The fourth-order valence-electron chi connectivity index (χ4n) is 1.77. The molecule has 0 spiro atoms. The topological polar surface area (TPSA) is 26.3 Å². The molecule has 3 heteroatoms. The molecule has 0 unspecified atom stereocenters. The zero-order valence-corrected chi connectivity index (χ0v) is 13.9. The van der Waals surface area contributed by atoms with Crippen LogP contribution >= 0.6 is 0 Å². The van der Waals surface area contributed by atoms with Crippen LogP contribution in [0.3, 0.4) is 0 Å². The monoisotopic (exact) mass is 272 g/mol. The Hall–Kier alpha value is -0.313. The Morgan fingerprint density at radius 3 is 2.06 bits per heavy atom. The minimum Gasteiger partial charge on any atom is -0.466 e. The molecule has 0 aliphatic heterocycles. The zero-order chi connectivity index (χ0) is 13.9. The maximum atomic E-state index is 11.5. The summed E-state index contributed by atoms with van der Waals surface area (Å²) in [5.41, 5.74) is 0. The van der Waals surface area contributed by atoms with Crippen molar-refractivity contribution in [2.24, 2.45) is 0 Å². The van der Waals surface area contributed by atoms with Gasteiger partial charge >= 0.3 is 5.97 Å². The molecule has 0 radical (unpaired) electrons. The largest absolute Gasteiger partial charge is 0.466 e. The average molecular weight is 273 g/mol. The minimum absolute atomic E-state index is 0.00167. The van der Waals surface area contributed by atoms with Crippen LogP contribution < -0.4 is 0 Å². The Morgan fingerprint density at radius 1 is 0.944 bits per heavy atom. The first-order valence-electron chi connectivity index (χ1n) is 7.61. The van der Waals surface area contributed by atoms with Gasteiger partial charge in [-0.3, -0.25) is 4.79 Å². The Kier molecular flexibility index (Phi) is 10.4. The number of hydrogen-bond acceptors (Lipinski definition) is 2. The van der Waals surface area contributed by atoms with Crippen LogP contribution in [0.5, 0.6) is 0 Å². The van der Waals surface area contributed by atoms with E-state index < -0.39 is 8.07 Å².